The Morgan fingerprint density at radius 3 is 1.84 bits per heavy atom. The molecule has 0 saturated carbocycles. The van der Waals surface area contributed by atoms with Crippen molar-refractivity contribution < 1.29 is 20.1 Å². The van der Waals surface area contributed by atoms with Crippen LogP contribution in [0, 0.1) is 0 Å². The highest BCUT2D eigenvalue weighted by molar-refractivity contribution is 5.66. The van der Waals surface area contributed by atoms with Crippen molar-refractivity contribution >= 4 is 5.97 Å². The molecule has 2 atom stereocenters. The molecule has 3 N–H and O–H groups in total. The van der Waals surface area contributed by atoms with Crippen LogP contribution in [0.3, 0.4) is 0 Å². The van der Waals surface area contributed by atoms with Gasteiger partial charge in [-0.2, -0.15) is 0 Å². The van der Waals surface area contributed by atoms with Gasteiger partial charge in [0.2, 0.25) is 0 Å². The lowest BCUT2D eigenvalue weighted by Crippen LogP contribution is -2.26. The van der Waals surface area contributed by atoms with Crippen LogP contribution in [0.2, 0.25) is 0 Å². The van der Waals surface area contributed by atoms with E-state index in [-0.39, 0.29) is 12.8 Å². The molecule has 0 bridgehead atoms. The summed E-state index contributed by atoms with van der Waals surface area (Å²) in [5.74, 6) is -0.932. The molecule has 0 heterocycles. The molecule has 0 unspecified atom stereocenters. The minimum absolute atomic E-state index is 0.0876. The lowest BCUT2D eigenvalue weighted by molar-refractivity contribution is -0.138. The quantitative estimate of drug-likeness (QED) is 0.451. The Labute approximate surface area is 116 Å². The molecule has 0 saturated heterocycles. The van der Waals surface area contributed by atoms with Gasteiger partial charge in [-0.25, -0.2) is 0 Å². The summed E-state index contributed by atoms with van der Waals surface area (Å²) in [5.41, 5.74) is 0. The molecule has 0 aromatic carbocycles. The standard InChI is InChI=1S/C15H30O4/c1-2-3-4-5-6-7-8-9-10-13(16)14(17)11-12-15(18)19/h13-14,16-17H,2-12H2,1H3,(H,18,19)/t13-,14-/m0/s1. The fourth-order valence-electron chi connectivity index (χ4n) is 2.14. The van der Waals surface area contributed by atoms with E-state index in [0.717, 1.165) is 12.8 Å². The van der Waals surface area contributed by atoms with Gasteiger partial charge in [-0.15, -0.1) is 0 Å². The van der Waals surface area contributed by atoms with E-state index in [0.29, 0.717) is 6.42 Å². The van der Waals surface area contributed by atoms with E-state index < -0.39 is 18.2 Å². The molecule has 4 heteroatoms. The fourth-order valence-corrected chi connectivity index (χ4v) is 2.14. The number of carboxylic acid groups (broad SMARTS) is 1. The molecular formula is C15H30O4. The van der Waals surface area contributed by atoms with E-state index in [9.17, 15) is 15.0 Å². The van der Waals surface area contributed by atoms with Gasteiger partial charge in [0.15, 0.2) is 0 Å². The Kier molecular flexibility index (Phi) is 12.0. The third-order valence-corrected chi connectivity index (χ3v) is 3.45. The number of carbonyl (C=O) groups is 1. The summed E-state index contributed by atoms with van der Waals surface area (Å²) in [5, 5.41) is 27.7. The average molecular weight is 274 g/mol. The average Bonchev–Trinajstić information content (AvgIpc) is 2.38. The zero-order valence-electron chi connectivity index (χ0n) is 12.2. The van der Waals surface area contributed by atoms with Crippen LogP contribution in [-0.2, 0) is 4.79 Å². The molecule has 0 aromatic heterocycles. The summed E-state index contributed by atoms with van der Waals surface area (Å²) in [6.45, 7) is 2.21. The number of hydrogen-bond acceptors (Lipinski definition) is 3. The van der Waals surface area contributed by atoms with E-state index in [2.05, 4.69) is 6.92 Å². The molecule has 0 aliphatic heterocycles. The third-order valence-electron chi connectivity index (χ3n) is 3.45. The maximum absolute atomic E-state index is 10.3. The van der Waals surface area contributed by atoms with Gasteiger partial charge in [-0.1, -0.05) is 58.3 Å². The Hall–Kier alpha value is -0.610. The smallest absolute Gasteiger partial charge is 0.303 e. The van der Waals surface area contributed by atoms with E-state index in [1.54, 1.807) is 0 Å². The van der Waals surface area contributed by atoms with Crippen molar-refractivity contribution in [1.82, 2.24) is 0 Å². The molecule has 0 radical (unpaired) electrons. The van der Waals surface area contributed by atoms with E-state index in [1.165, 1.54) is 38.5 Å². The van der Waals surface area contributed by atoms with Crippen LogP contribution >= 0.6 is 0 Å². The summed E-state index contributed by atoms with van der Waals surface area (Å²) >= 11 is 0. The molecule has 0 aliphatic carbocycles. The minimum Gasteiger partial charge on any atom is -0.481 e. The second kappa shape index (κ2) is 12.4. The van der Waals surface area contributed by atoms with Crippen LogP contribution in [0.15, 0.2) is 0 Å². The molecule has 0 fully saturated rings. The zero-order chi connectivity index (χ0) is 14.5. The van der Waals surface area contributed by atoms with Crippen molar-refractivity contribution in [3.63, 3.8) is 0 Å². The van der Waals surface area contributed by atoms with Gasteiger partial charge in [0.05, 0.1) is 12.2 Å². The van der Waals surface area contributed by atoms with Crippen molar-refractivity contribution in [2.75, 3.05) is 0 Å². The summed E-state index contributed by atoms with van der Waals surface area (Å²) in [4.78, 5) is 10.3. The molecule has 0 spiro atoms. The largest absolute Gasteiger partial charge is 0.481 e. The van der Waals surface area contributed by atoms with Crippen molar-refractivity contribution in [3.8, 4) is 0 Å². The molecule has 0 aliphatic rings. The number of unbranched alkanes of at least 4 members (excludes halogenated alkanes) is 7. The lowest BCUT2D eigenvalue weighted by atomic mass is 10.0. The molecule has 0 aromatic rings. The Morgan fingerprint density at radius 2 is 1.32 bits per heavy atom. The topological polar surface area (TPSA) is 77.8 Å². The van der Waals surface area contributed by atoms with Gasteiger partial charge in [-0.05, 0) is 12.8 Å². The first-order valence-electron chi connectivity index (χ1n) is 7.65. The van der Waals surface area contributed by atoms with Crippen LogP contribution in [0.4, 0.5) is 0 Å². The second-order valence-corrected chi connectivity index (χ2v) is 5.33. The molecule has 4 nitrogen and oxygen atoms in total. The number of carboxylic acids is 1. The van der Waals surface area contributed by atoms with Gasteiger partial charge >= 0.3 is 5.97 Å². The predicted octanol–water partition coefficient (Wildman–Crippen LogP) is 3.10. The number of aliphatic carboxylic acids is 1. The Balaban J connectivity index is 3.37. The van der Waals surface area contributed by atoms with Crippen molar-refractivity contribution in [1.29, 1.82) is 0 Å². The first-order valence-corrected chi connectivity index (χ1v) is 7.65. The summed E-state index contributed by atoms with van der Waals surface area (Å²) < 4.78 is 0. The van der Waals surface area contributed by atoms with Crippen LogP contribution < -0.4 is 0 Å². The molecule has 0 rings (SSSR count). The lowest BCUT2D eigenvalue weighted by Gasteiger charge is -2.16. The second-order valence-electron chi connectivity index (χ2n) is 5.33. The van der Waals surface area contributed by atoms with Crippen LogP contribution in [0.5, 0.6) is 0 Å². The van der Waals surface area contributed by atoms with Gasteiger partial charge < -0.3 is 15.3 Å². The van der Waals surface area contributed by atoms with Crippen molar-refractivity contribution in [2.45, 2.75) is 89.8 Å². The molecule has 0 amide bonds. The maximum atomic E-state index is 10.3. The first kappa shape index (κ1) is 18.4. The van der Waals surface area contributed by atoms with Crippen LogP contribution in [0.1, 0.15) is 77.6 Å². The van der Waals surface area contributed by atoms with Gasteiger partial charge in [0, 0.05) is 6.42 Å². The van der Waals surface area contributed by atoms with Crippen molar-refractivity contribution in [2.24, 2.45) is 0 Å². The highest BCUT2D eigenvalue weighted by Crippen LogP contribution is 2.13. The Morgan fingerprint density at radius 1 is 0.842 bits per heavy atom. The predicted molar refractivity (Wildman–Crippen MR) is 76.1 cm³/mol. The molecular weight excluding hydrogens is 244 g/mol. The fraction of sp³-hybridized carbons (Fsp3) is 0.933. The number of hydrogen-bond donors (Lipinski definition) is 3. The molecule has 19 heavy (non-hydrogen) atoms. The molecule has 114 valence electrons. The van der Waals surface area contributed by atoms with Crippen LogP contribution in [-0.4, -0.2) is 33.5 Å². The number of aliphatic hydroxyl groups excluding tert-OH is 2. The summed E-state index contributed by atoms with van der Waals surface area (Å²) in [6.07, 6.45) is 8.52. The number of rotatable bonds is 13. The summed E-state index contributed by atoms with van der Waals surface area (Å²) in [6, 6.07) is 0. The highest BCUT2D eigenvalue weighted by Gasteiger charge is 2.16. The van der Waals surface area contributed by atoms with E-state index in [4.69, 9.17) is 5.11 Å². The minimum atomic E-state index is -0.932. The van der Waals surface area contributed by atoms with E-state index in [1.807, 2.05) is 0 Å². The van der Waals surface area contributed by atoms with Crippen molar-refractivity contribution in [3.05, 3.63) is 0 Å². The third kappa shape index (κ3) is 12.2. The SMILES string of the molecule is CCCCCCCCCC[C@H](O)[C@@H](O)CCC(=O)O. The van der Waals surface area contributed by atoms with Gasteiger partial charge in [-0.3, -0.25) is 4.79 Å². The van der Waals surface area contributed by atoms with Gasteiger partial charge in [0.1, 0.15) is 0 Å². The monoisotopic (exact) mass is 274 g/mol. The Bertz CT molecular complexity index is 218. The van der Waals surface area contributed by atoms with Crippen LogP contribution in [0.25, 0.3) is 0 Å². The van der Waals surface area contributed by atoms with E-state index >= 15 is 0 Å². The van der Waals surface area contributed by atoms with Gasteiger partial charge in [0.25, 0.3) is 0 Å². The maximum Gasteiger partial charge on any atom is 0.303 e. The zero-order valence-corrected chi connectivity index (χ0v) is 12.2. The first-order chi connectivity index (χ1) is 9.07. The summed E-state index contributed by atoms with van der Waals surface area (Å²) in [7, 11) is 0. The number of aliphatic hydroxyl groups is 2. The highest BCUT2D eigenvalue weighted by atomic mass is 16.4. The normalized spacial score (nSPS) is 14.3.